The lowest BCUT2D eigenvalue weighted by Crippen LogP contribution is -2.47. The van der Waals surface area contributed by atoms with Gasteiger partial charge in [0.15, 0.2) is 17.3 Å². The second-order valence-corrected chi connectivity index (χ2v) is 10.1. The number of hydrogen-bond donors (Lipinski definition) is 0. The first-order valence-corrected chi connectivity index (χ1v) is 12.5. The fourth-order valence-electron chi connectivity index (χ4n) is 5.64. The number of para-hydroxylation sites is 1. The average molecular weight is 445 g/mol. The topological polar surface area (TPSA) is 51.2 Å². The van der Waals surface area contributed by atoms with Crippen molar-refractivity contribution in [1.29, 1.82) is 0 Å². The Labute approximate surface area is 193 Å². The summed E-state index contributed by atoms with van der Waals surface area (Å²) >= 11 is 0. The van der Waals surface area contributed by atoms with Crippen molar-refractivity contribution in [2.75, 3.05) is 51.5 Å². The highest BCUT2D eigenvalue weighted by Crippen LogP contribution is 2.41. The number of methoxy groups -OCH3 is 1. The maximum absolute atomic E-state index is 12.5. The predicted octanol–water partition coefficient (Wildman–Crippen LogP) is 4.36. The van der Waals surface area contributed by atoms with Gasteiger partial charge in [-0.3, -0.25) is 9.69 Å². The van der Waals surface area contributed by atoms with E-state index in [1.165, 1.54) is 44.3 Å². The van der Waals surface area contributed by atoms with Gasteiger partial charge in [-0.2, -0.15) is 0 Å². The van der Waals surface area contributed by atoms with E-state index >= 15 is 0 Å². The molecule has 1 saturated carbocycles. The molecular weight excluding hydrogens is 404 g/mol. The summed E-state index contributed by atoms with van der Waals surface area (Å²) in [6.45, 7) is 9.91. The van der Waals surface area contributed by atoms with Gasteiger partial charge in [-0.25, -0.2) is 0 Å². The Morgan fingerprint density at radius 2 is 1.78 bits per heavy atom. The average Bonchev–Trinajstić information content (AvgIpc) is 3.28. The van der Waals surface area contributed by atoms with E-state index < -0.39 is 0 Å². The molecule has 2 heterocycles. The number of piperazine rings is 1. The molecular formula is C26H40N2O4. The fraction of sp³-hybridized carbons (Fsp3) is 0.731. The smallest absolute Gasteiger partial charge is 0.231 e. The third-order valence-corrected chi connectivity index (χ3v) is 7.58. The Morgan fingerprint density at radius 1 is 1.06 bits per heavy atom. The zero-order valence-corrected chi connectivity index (χ0v) is 20.1. The Morgan fingerprint density at radius 3 is 2.47 bits per heavy atom. The predicted molar refractivity (Wildman–Crippen MR) is 127 cm³/mol. The van der Waals surface area contributed by atoms with Crippen LogP contribution in [0.2, 0.25) is 0 Å². The molecule has 1 aromatic rings. The van der Waals surface area contributed by atoms with E-state index in [1.54, 1.807) is 7.11 Å². The largest absolute Gasteiger partial charge is 0.454 e. The van der Waals surface area contributed by atoms with E-state index in [2.05, 4.69) is 35.8 Å². The molecule has 0 N–H and O–H groups in total. The summed E-state index contributed by atoms with van der Waals surface area (Å²) in [6, 6.07) is 6.17. The van der Waals surface area contributed by atoms with Gasteiger partial charge in [0.2, 0.25) is 6.79 Å². The Balaban J connectivity index is 1.15. The van der Waals surface area contributed by atoms with Crippen LogP contribution < -0.4 is 14.4 Å². The molecule has 0 radical (unpaired) electrons. The molecule has 1 saturated heterocycles. The number of ether oxygens (including phenoxy) is 3. The van der Waals surface area contributed by atoms with Crippen molar-refractivity contribution < 1.29 is 19.0 Å². The first kappa shape index (κ1) is 23.4. The van der Waals surface area contributed by atoms with Crippen LogP contribution in [-0.4, -0.2) is 63.4 Å². The van der Waals surface area contributed by atoms with E-state index in [4.69, 9.17) is 14.2 Å². The van der Waals surface area contributed by atoms with Crippen molar-refractivity contribution in [3.63, 3.8) is 0 Å². The van der Waals surface area contributed by atoms with E-state index in [1.807, 2.05) is 6.07 Å². The third kappa shape index (κ3) is 5.57. The number of Topliss-reactive ketones (excluding diaryl/α,β-unsaturated/α-hetero) is 1. The molecule has 1 aliphatic carbocycles. The molecule has 3 aliphatic rings. The van der Waals surface area contributed by atoms with Crippen molar-refractivity contribution >= 4 is 11.5 Å². The standard InChI is InChI=1S/C26H40N2O4/c1-19(2)25(30-3)23(29)17-21-9-7-20(8-10-21)11-12-27-13-15-28(16-14-27)22-5-4-6-24-26(22)32-18-31-24/h4-6,19-21,25H,7-18H2,1-3H3/t20?,21?,25-/m0/s1. The third-order valence-electron chi connectivity index (χ3n) is 7.58. The first-order valence-electron chi connectivity index (χ1n) is 12.5. The summed E-state index contributed by atoms with van der Waals surface area (Å²) in [4.78, 5) is 17.6. The zero-order valence-electron chi connectivity index (χ0n) is 20.1. The summed E-state index contributed by atoms with van der Waals surface area (Å²) in [5, 5.41) is 0. The van der Waals surface area contributed by atoms with Crippen LogP contribution in [0.5, 0.6) is 11.5 Å². The van der Waals surface area contributed by atoms with Crippen LogP contribution in [0, 0.1) is 17.8 Å². The molecule has 4 rings (SSSR count). The molecule has 6 nitrogen and oxygen atoms in total. The van der Waals surface area contributed by atoms with Crippen LogP contribution in [0.4, 0.5) is 5.69 Å². The molecule has 1 atom stereocenters. The molecule has 2 aliphatic heterocycles. The molecule has 0 unspecified atom stereocenters. The van der Waals surface area contributed by atoms with Crippen molar-refractivity contribution in [2.45, 2.75) is 58.5 Å². The minimum atomic E-state index is -0.234. The molecule has 0 bridgehead atoms. The van der Waals surface area contributed by atoms with Gasteiger partial charge in [0.05, 0.1) is 5.69 Å². The minimum absolute atomic E-state index is 0.234. The maximum Gasteiger partial charge on any atom is 0.231 e. The van der Waals surface area contributed by atoms with Crippen LogP contribution in [0.1, 0.15) is 52.4 Å². The summed E-state index contributed by atoms with van der Waals surface area (Å²) < 4.78 is 16.7. The lowest BCUT2D eigenvalue weighted by Gasteiger charge is -2.37. The van der Waals surface area contributed by atoms with Crippen molar-refractivity contribution in [3.8, 4) is 11.5 Å². The van der Waals surface area contributed by atoms with Gasteiger partial charge in [0, 0.05) is 39.7 Å². The number of ketones is 1. The number of carbonyl (C=O) groups excluding carboxylic acids is 1. The van der Waals surface area contributed by atoms with Crippen LogP contribution in [0.25, 0.3) is 0 Å². The normalized spacial score (nSPS) is 24.7. The molecule has 32 heavy (non-hydrogen) atoms. The number of nitrogens with zero attached hydrogens (tertiary/aromatic N) is 2. The van der Waals surface area contributed by atoms with Crippen LogP contribution >= 0.6 is 0 Å². The lowest BCUT2D eigenvalue weighted by atomic mass is 9.77. The number of rotatable bonds is 9. The van der Waals surface area contributed by atoms with E-state index in [0.717, 1.165) is 43.6 Å². The van der Waals surface area contributed by atoms with Gasteiger partial charge in [0.1, 0.15) is 6.10 Å². The van der Waals surface area contributed by atoms with Gasteiger partial charge in [0.25, 0.3) is 0 Å². The molecule has 2 fully saturated rings. The first-order chi connectivity index (χ1) is 15.5. The van der Waals surface area contributed by atoms with Crippen molar-refractivity contribution in [2.24, 2.45) is 17.8 Å². The van der Waals surface area contributed by atoms with E-state index in [-0.39, 0.29) is 12.0 Å². The molecule has 178 valence electrons. The number of fused-ring (bicyclic) bond motifs is 1. The van der Waals surface area contributed by atoms with E-state index in [9.17, 15) is 4.79 Å². The Kier molecular flexibility index (Phi) is 7.95. The Bertz CT molecular complexity index is 752. The zero-order chi connectivity index (χ0) is 22.5. The van der Waals surface area contributed by atoms with E-state index in [0.29, 0.717) is 24.9 Å². The van der Waals surface area contributed by atoms with Crippen molar-refractivity contribution in [1.82, 2.24) is 4.90 Å². The highest BCUT2D eigenvalue weighted by atomic mass is 16.7. The van der Waals surface area contributed by atoms with Gasteiger partial charge in [-0.15, -0.1) is 0 Å². The number of benzene rings is 1. The van der Waals surface area contributed by atoms with Crippen molar-refractivity contribution in [3.05, 3.63) is 18.2 Å². The lowest BCUT2D eigenvalue weighted by molar-refractivity contribution is -0.132. The monoisotopic (exact) mass is 444 g/mol. The number of carbonyl (C=O) groups is 1. The van der Waals surface area contributed by atoms with Crippen LogP contribution in [0.3, 0.4) is 0 Å². The molecule has 0 spiro atoms. The highest BCUT2D eigenvalue weighted by molar-refractivity contribution is 5.83. The second-order valence-electron chi connectivity index (χ2n) is 10.1. The minimum Gasteiger partial charge on any atom is -0.454 e. The second kappa shape index (κ2) is 10.9. The maximum atomic E-state index is 12.5. The summed E-state index contributed by atoms with van der Waals surface area (Å²) in [6.07, 6.45) is 6.67. The summed E-state index contributed by atoms with van der Waals surface area (Å²) in [5.41, 5.74) is 1.17. The molecule has 0 aromatic heterocycles. The molecule has 0 amide bonds. The van der Waals surface area contributed by atoms with Gasteiger partial charge in [-0.1, -0.05) is 32.8 Å². The van der Waals surface area contributed by atoms with Gasteiger partial charge < -0.3 is 19.1 Å². The number of anilines is 1. The SMILES string of the molecule is CO[C@H](C(=O)CC1CCC(CCN2CCN(c3cccc4c3OCO4)CC2)CC1)C(C)C. The van der Waals surface area contributed by atoms with Gasteiger partial charge in [-0.05, 0) is 55.7 Å². The molecule has 6 heteroatoms. The summed E-state index contributed by atoms with van der Waals surface area (Å²) in [5.74, 6) is 3.69. The Hall–Kier alpha value is -1.79. The van der Waals surface area contributed by atoms with Crippen LogP contribution in [0.15, 0.2) is 18.2 Å². The number of hydrogen-bond acceptors (Lipinski definition) is 6. The highest BCUT2D eigenvalue weighted by Gasteiger charge is 2.29. The fourth-order valence-corrected chi connectivity index (χ4v) is 5.64. The van der Waals surface area contributed by atoms with Crippen LogP contribution in [-0.2, 0) is 9.53 Å². The quantitative estimate of drug-likeness (QED) is 0.564. The summed E-state index contributed by atoms with van der Waals surface area (Å²) in [7, 11) is 1.66. The molecule has 1 aromatic carbocycles. The van der Waals surface area contributed by atoms with Gasteiger partial charge >= 0.3 is 0 Å².